The van der Waals surface area contributed by atoms with E-state index in [1.165, 1.54) is 0 Å². The summed E-state index contributed by atoms with van der Waals surface area (Å²) in [6.07, 6.45) is 16.7. The summed E-state index contributed by atoms with van der Waals surface area (Å²) in [6.45, 7) is 4.53. The number of methoxy groups -OCH3 is 2. The molecule has 0 amide bonds. The van der Waals surface area contributed by atoms with E-state index in [0.29, 0.717) is 52.3 Å². The van der Waals surface area contributed by atoms with Gasteiger partial charge in [0, 0.05) is 103 Å². The minimum Gasteiger partial charge on any atom is -0.479 e. The zero-order valence-corrected chi connectivity index (χ0v) is 38.2. The Kier molecular flexibility index (Phi) is 19.1. The predicted molar refractivity (Wildman–Crippen MR) is 235 cm³/mol. The number of nitrogens with zero attached hydrogens (tertiary/aromatic N) is 8. The van der Waals surface area contributed by atoms with Gasteiger partial charge in [0.15, 0.2) is 0 Å². The lowest BCUT2D eigenvalue weighted by atomic mass is 10.00. The molecule has 17 nitrogen and oxygen atoms in total. The number of H-pyrrole nitrogens is 1. The predicted octanol–water partition coefficient (Wildman–Crippen LogP) is 6.61. The number of nitrogens with one attached hydrogen (secondary N) is 1. The van der Waals surface area contributed by atoms with Crippen LogP contribution in [0.1, 0.15) is 90.8 Å². The van der Waals surface area contributed by atoms with Crippen LogP contribution >= 0.6 is 57.0 Å². The topological polar surface area (TPSA) is 194 Å². The van der Waals surface area contributed by atoms with Crippen LogP contribution in [0.5, 0.6) is 11.8 Å². The number of alkyl halides is 2. The molecule has 3 aliphatic rings. The van der Waals surface area contributed by atoms with E-state index in [9.17, 15) is 9.90 Å². The molecule has 3 fully saturated rings. The van der Waals surface area contributed by atoms with Crippen molar-refractivity contribution in [2.24, 2.45) is 0 Å². The molecule has 6 aromatic rings. The Hall–Kier alpha value is -3.30. The van der Waals surface area contributed by atoms with E-state index in [4.69, 9.17) is 51.1 Å². The van der Waals surface area contributed by atoms with Gasteiger partial charge in [-0.1, -0.05) is 0 Å². The maximum Gasteiger partial charge on any atom is 0.274 e. The monoisotopic (exact) mass is 965 g/mol. The smallest absolute Gasteiger partial charge is 0.274 e. The Morgan fingerprint density at radius 1 is 0.689 bits per heavy atom. The third kappa shape index (κ3) is 12.2. The Bertz CT molecular complexity index is 2290. The summed E-state index contributed by atoms with van der Waals surface area (Å²) in [5.74, 6) is 5.85. The highest BCUT2D eigenvalue weighted by atomic mass is 36.0. The van der Waals surface area contributed by atoms with Gasteiger partial charge in [0.1, 0.15) is 34.0 Å². The molecule has 0 unspecified atom stereocenters. The Morgan fingerprint density at radius 3 is 1.44 bits per heavy atom. The van der Waals surface area contributed by atoms with Crippen LogP contribution in [0, 0.1) is 0 Å². The summed E-state index contributed by atoms with van der Waals surface area (Å²) in [6, 6.07) is 0. The first-order chi connectivity index (χ1) is 29.2. The quantitative estimate of drug-likeness (QED) is 0.122. The lowest BCUT2D eigenvalue weighted by molar-refractivity contribution is 0.0834. The fraction of sp³-hybridized carbons (Fsp3) is 0.526. The fourth-order valence-electron chi connectivity index (χ4n) is 7.43. The number of aromatic nitrogens is 9. The highest BCUT2D eigenvalue weighted by Gasteiger charge is 2.24. The standard InChI is InChI=1S/C13H16ClN3O2.C13H17N3O3.C12H14ClN3O2.Cl2OS.ClH/c1-18-13-11-7-15-12(9-2-4-19-5-3-9)17(11)8-10(6-14)16-13;1-18-13-11-6-14-12(9-2-4-19-5-3-9)16(11)7-10(8-17)15-13;13-5-9-7-16-10(12(17)15-9)6-14-11(16)8-1-3-18-4-2-8;1-4(2)3;/h7-9H,2-6H2,1H3;6-7,9,17H,2-5,8H2,1H3;6-8H,1-5H2,(H,15,17);;1H. The number of aromatic amines is 1. The van der Waals surface area contributed by atoms with Crippen molar-refractivity contribution in [3.8, 4) is 11.8 Å². The van der Waals surface area contributed by atoms with Crippen molar-refractivity contribution in [1.29, 1.82) is 0 Å². The van der Waals surface area contributed by atoms with Gasteiger partial charge in [-0.05, 0) is 38.5 Å². The summed E-state index contributed by atoms with van der Waals surface area (Å²) in [5.41, 5.74) is 4.23. The van der Waals surface area contributed by atoms with Crippen LogP contribution in [0.2, 0.25) is 0 Å². The summed E-state index contributed by atoms with van der Waals surface area (Å²) in [4.78, 5) is 36.6. The minimum absolute atomic E-state index is 0. The van der Waals surface area contributed by atoms with Crippen LogP contribution in [0.4, 0.5) is 0 Å². The molecule has 2 N–H and O–H groups in total. The Balaban J connectivity index is 0.000000164. The van der Waals surface area contributed by atoms with Crippen molar-refractivity contribution in [1.82, 2.24) is 43.1 Å². The van der Waals surface area contributed by atoms with Crippen LogP contribution in [0.3, 0.4) is 0 Å². The molecule has 61 heavy (non-hydrogen) atoms. The molecule has 9 heterocycles. The summed E-state index contributed by atoms with van der Waals surface area (Å²) < 4.78 is 41.7. The lowest BCUT2D eigenvalue weighted by Crippen LogP contribution is -2.18. The van der Waals surface area contributed by atoms with Crippen LogP contribution in [-0.4, -0.2) is 106 Å². The third-order valence-corrected chi connectivity index (χ3v) is 10.9. The average Bonchev–Trinajstić information content (AvgIpc) is 4.04. The number of imidazole rings is 3. The van der Waals surface area contributed by atoms with Gasteiger partial charge in [-0.3, -0.25) is 18.0 Å². The number of halogens is 5. The maximum atomic E-state index is 11.9. The fourth-order valence-corrected chi connectivity index (χ4v) is 7.69. The zero-order chi connectivity index (χ0) is 42.6. The molecule has 3 aliphatic heterocycles. The molecule has 23 heteroatoms. The second-order valence-electron chi connectivity index (χ2n) is 14.0. The largest absolute Gasteiger partial charge is 0.479 e. The molecule has 6 aromatic heterocycles. The van der Waals surface area contributed by atoms with Crippen LogP contribution in [0.25, 0.3) is 16.6 Å². The first-order valence-electron chi connectivity index (χ1n) is 19.3. The first kappa shape index (κ1) is 48.7. The normalized spacial score (nSPS) is 16.3. The first-order valence-corrected chi connectivity index (χ1v) is 23.2. The molecule has 3 saturated heterocycles. The van der Waals surface area contributed by atoms with Crippen LogP contribution in [-0.2, 0) is 41.8 Å². The Morgan fingerprint density at radius 2 is 1.07 bits per heavy atom. The van der Waals surface area contributed by atoms with E-state index in [-0.39, 0.29) is 30.5 Å². The number of rotatable bonds is 8. The highest BCUT2D eigenvalue weighted by Crippen LogP contribution is 2.31. The summed E-state index contributed by atoms with van der Waals surface area (Å²) in [7, 11) is 10.5. The van der Waals surface area contributed by atoms with Crippen molar-refractivity contribution in [2.45, 2.75) is 74.6 Å². The van der Waals surface area contributed by atoms with Gasteiger partial charge in [0.05, 0.1) is 62.6 Å². The van der Waals surface area contributed by atoms with E-state index in [0.717, 1.165) is 112 Å². The lowest BCUT2D eigenvalue weighted by Gasteiger charge is -2.21. The van der Waals surface area contributed by atoms with Crippen molar-refractivity contribution in [3.63, 3.8) is 0 Å². The minimum atomic E-state index is -1.67. The van der Waals surface area contributed by atoms with Crippen molar-refractivity contribution < 1.29 is 33.0 Å². The third-order valence-electron chi connectivity index (χ3n) is 10.3. The molecular weight excluding hydrogens is 920 g/mol. The molecule has 0 saturated carbocycles. The van der Waals surface area contributed by atoms with Crippen LogP contribution in [0.15, 0.2) is 42.0 Å². The van der Waals surface area contributed by atoms with Gasteiger partial charge in [0.2, 0.25) is 21.0 Å². The number of hydrogen-bond donors (Lipinski definition) is 2. The van der Waals surface area contributed by atoms with E-state index in [2.05, 4.69) is 55.7 Å². The molecular formula is C38H48Cl5N9O8S. The molecule has 334 valence electrons. The number of hydrogen-bond acceptors (Lipinski definition) is 13. The number of aliphatic hydroxyl groups excluding tert-OH is 1. The van der Waals surface area contributed by atoms with Gasteiger partial charge >= 0.3 is 0 Å². The number of aliphatic hydroxyl groups is 1. The second kappa shape index (κ2) is 24.0. The van der Waals surface area contributed by atoms with Crippen molar-refractivity contribution in [3.05, 3.63) is 82.1 Å². The maximum absolute atomic E-state index is 11.9. The van der Waals surface area contributed by atoms with E-state index >= 15 is 0 Å². The molecule has 0 aromatic carbocycles. The second-order valence-corrected chi connectivity index (χ2v) is 17.0. The van der Waals surface area contributed by atoms with E-state index in [1.54, 1.807) is 26.6 Å². The zero-order valence-electron chi connectivity index (χ0n) is 33.5. The number of fused-ring (bicyclic) bond motifs is 3. The summed E-state index contributed by atoms with van der Waals surface area (Å²) >= 11 is 11.7. The van der Waals surface area contributed by atoms with E-state index in [1.807, 2.05) is 33.6 Å². The molecule has 0 radical (unpaired) electrons. The van der Waals surface area contributed by atoms with Crippen molar-refractivity contribution in [2.75, 3.05) is 53.9 Å². The number of ether oxygens (including phenoxy) is 5. The Labute approximate surface area is 379 Å². The van der Waals surface area contributed by atoms with Crippen molar-refractivity contribution >= 4 is 82.8 Å². The molecule has 9 rings (SSSR count). The molecule has 0 atom stereocenters. The molecule has 0 bridgehead atoms. The van der Waals surface area contributed by atoms with Gasteiger partial charge in [-0.25, -0.2) is 29.1 Å². The molecule has 0 aliphatic carbocycles. The average molecular weight is 968 g/mol. The van der Waals surface area contributed by atoms with E-state index < -0.39 is 9.23 Å². The van der Waals surface area contributed by atoms with Crippen LogP contribution < -0.4 is 15.0 Å². The highest BCUT2D eigenvalue weighted by molar-refractivity contribution is 8.26. The van der Waals surface area contributed by atoms with Gasteiger partial charge < -0.3 is 33.8 Å². The van der Waals surface area contributed by atoms with Gasteiger partial charge in [-0.15, -0.1) is 35.6 Å². The van der Waals surface area contributed by atoms with Gasteiger partial charge in [0.25, 0.3) is 5.56 Å². The summed E-state index contributed by atoms with van der Waals surface area (Å²) in [5, 5.41) is 9.28. The molecule has 0 spiro atoms. The van der Waals surface area contributed by atoms with Gasteiger partial charge in [-0.2, -0.15) is 0 Å². The SMILES string of the molecule is COc1nc(CCl)cn2c(C3CCOCC3)ncc12.COc1nc(CO)cn2c(C3CCOCC3)ncc12.Cl.O=S(Cl)Cl.O=c1[nH]c(CCl)cn2c(C3CCOCC3)ncc12.